The average Bonchev–Trinajstić information content (AvgIpc) is 2.29. The van der Waals surface area contributed by atoms with Crippen LogP contribution in [0, 0.1) is 6.92 Å². The first-order valence-corrected chi connectivity index (χ1v) is 5.96. The van der Waals surface area contributed by atoms with Crippen molar-refractivity contribution in [2.45, 2.75) is 26.7 Å². The minimum Gasteiger partial charge on any atom is -0.340 e. The molecule has 0 saturated carbocycles. The zero-order chi connectivity index (χ0) is 12.3. The fourth-order valence-electron chi connectivity index (χ4n) is 1.86. The Hall–Kier alpha value is -1.83. The first-order valence-electron chi connectivity index (χ1n) is 5.96. The molecule has 0 radical (unpaired) electrons. The van der Waals surface area contributed by atoms with E-state index in [-0.39, 0.29) is 0 Å². The maximum Gasteiger partial charge on any atom is 0.130 e. The lowest BCUT2D eigenvalue weighted by Crippen LogP contribution is -1.99. The van der Waals surface area contributed by atoms with Crippen molar-refractivity contribution < 1.29 is 0 Å². The molecule has 0 atom stereocenters. The summed E-state index contributed by atoms with van der Waals surface area (Å²) in [5.74, 6) is 1.40. The number of aryl methyl sites for hydroxylation is 1. The first-order chi connectivity index (χ1) is 8.16. The summed E-state index contributed by atoms with van der Waals surface area (Å²) in [5.41, 5.74) is 3.48. The van der Waals surface area contributed by atoms with E-state index >= 15 is 0 Å². The van der Waals surface area contributed by atoms with Crippen LogP contribution in [0.25, 0.3) is 0 Å². The quantitative estimate of drug-likeness (QED) is 0.846. The van der Waals surface area contributed by atoms with Gasteiger partial charge in [-0.3, -0.25) is 0 Å². The summed E-state index contributed by atoms with van der Waals surface area (Å²) < 4.78 is 0. The van der Waals surface area contributed by atoms with Crippen molar-refractivity contribution in [2.75, 3.05) is 5.32 Å². The van der Waals surface area contributed by atoms with Gasteiger partial charge in [0.2, 0.25) is 0 Å². The second kappa shape index (κ2) is 5.00. The number of nitrogens with zero attached hydrogens (tertiary/aromatic N) is 1. The summed E-state index contributed by atoms with van der Waals surface area (Å²) in [5, 5.41) is 3.38. The average molecular weight is 226 g/mol. The maximum atomic E-state index is 4.46. The Bertz CT molecular complexity index is 504. The lowest BCUT2D eigenvalue weighted by atomic mass is 10.0. The monoisotopic (exact) mass is 226 g/mol. The van der Waals surface area contributed by atoms with Gasteiger partial charge in [0.25, 0.3) is 0 Å². The molecule has 1 heterocycles. The largest absolute Gasteiger partial charge is 0.340 e. The topological polar surface area (TPSA) is 24.9 Å². The Morgan fingerprint density at radius 3 is 2.47 bits per heavy atom. The maximum absolute atomic E-state index is 4.46. The second-order valence-electron chi connectivity index (χ2n) is 4.53. The molecular weight excluding hydrogens is 208 g/mol. The van der Waals surface area contributed by atoms with Crippen LogP contribution in [0.15, 0.2) is 42.5 Å². The molecular formula is C15H18N2. The highest BCUT2D eigenvalue weighted by Crippen LogP contribution is 2.26. The standard InChI is InChI=1S/C15H18N2/c1-11(2)13-8-4-5-9-14(13)17-15-10-6-7-12(3)16-15/h4-11H,1-3H3,(H,16,17). The van der Waals surface area contributed by atoms with E-state index in [4.69, 9.17) is 0 Å². The number of hydrogen-bond acceptors (Lipinski definition) is 2. The van der Waals surface area contributed by atoms with Crippen LogP contribution in [0.4, 0.5) is 11.5 Å². The van der Waals surface area contributed by atoms with Crippen molar-refractivity contribution in [3.05, 3.63) is 53.7 Å². The predicted octanol–water partition coefficient (Wildman–Crippen LogP) is 4.26. The molecule has 0 aliphatic heterocycles. The minimum atomic E-state index is 0.503. The summed E-state index contributed by atoms with van der Waals surface area (Å²) in [6.07, 6.45) is 0. The van der Waals surface area contributed by atoms with Gasteiger partial charge in [-0.25, -0.2) is 4.98 Å². The highest BCUT2D eigenvalue weighted by molar-refractivity contribution is 5.61. The lowest BCUT2D eigenvalue weighted by molar-refractivity contribution is 0.869. The van der Waals surface area contributed by atoms with Crippen LogP contribution in [-0.4, -0.2) is 4.98 Å². The van der Waals surface area contributed by atoms with Crippen molar-refractivity contribution in [2.24, 2.45) is 0 Å². The van der Waals surface area contributed by atoms with Gasteiger partial charge in [0.1, 0.15) is 5.82 Å². The molecule has 0 fully saturated rings. The summed E-state index contributed by atoms with van der Waals surface area (Å²) in [6.45, 7) is 6.40. The molecule has 0 unspecified atom stereocenters. The number of para-hydroxylation sites is 1. The molecule has 1 N–H and O–H groups in total. The molecule has 2 aromatic rings. The summed E-state index contributed by atoms with van der Waals surface area (Å²) >= 11 is 0. The molecule has 2 heteroatoms. The Morgan fingerprint density at radius 1 is 1.00 bits per heavy atom. The molecule has 1 aromatic carbocycles. The van der Waals surface area contributed by atoms with Gasteiger partial charge in [-0.1, -0.05) is 38.1 Å². The SMILES string of the molecule is Cc1cccc(Nc2ccccc2C(C)C)n1. The molecule has 0 saturated heterocycles. The van der Waals surface area contributed by atoms with E-state index in [2.05, 4.69) is 42.3 Å². The first kappa shape index (κ1) is 11.6. The fourth-order valence-corrected chi connectivity index (χ4v) is 1.86. The highest BCUT2D eigenvalue weighted by Gasteiger charge is 2.06. The number of rotatable bonds is 3. The number of benzene rings is 1. The Balaban J connectivity index is 2.30. The molecule has 2 nitrogen and oxygen atoms in total. The van der Waals surface area contributed by atoms with Crippen molar-refractivity contribution in [3.8, 4) is 0 Å². The molecule has 0 aliphatic carbocycles. The van der Waals surface area contributed by atoms with E-state index in [1.807, 2.05) is 31.2 Å². The number of anilines is 2. The van der Waals surface area contributed by atoms with Gasteiger partial charge in [0, 0.05) is 11.4 Å². The molecule has 0 amide bonds. The predicted molar refractivity (Wildman–Crippen MR) is 72.8 cm³/mol. The van der Waals surface area contributed by atoms with Gasteiger partial charge in [-0.05, 0) is 36.6 Å². The van der Waals surface area contributed by atoms with Crippen LogP contribution in [0.5, 0.6) is 0 Å². The third kappa shape index (κ3) is 2.84. The third-order valence-electron chi connectivity index (χ3n) is 2.73. The summed E-state index contributed by atoms with van der Waals surface area (Å²) in [4.78, 5) is 4.46. The van der Waals surface area contributed by atoms with Crippen LogP contribution in [0.2, 0.25) is 0 Å². The van der Waals surface area contributed by atoms with Gasteiger partial charge in [0.15, 0.2) is 0 Å². The van der Waals surface area contributed by atoms with Crippen LogP contribution < -0.4 is 5.32 Å². The van der Waals surface area contributed by atoms with Crippen LogP contribution >= 0.6 is 0 Å². The second-order valence-corrected chi connectivity index (χ2v) is 4.53. The number of pyridine rings is 1. The normalized spacial score (nSPS) is 10.6. The summed E-state index contributed by atoms with van der Waals surface area (Å²) in [6, 6.07) is 14.4. The van der Waals surface area contributed by atoms with Gasteiger partial charge in [-0.2, -0.15) is 0 Å². The molecule has 0 spiro atoms. The van der Waals surface area contributed by atoms with Crippen molar-refractivity contribution in [3.63, 3.8) is 0 Å². The van der Waals surface area contributed by atoms with Crippen LogP contribution in [0.3, 0.4) is 0 Å². The van der Waals surface area contributed by atoms with E-state index in [9.17, 15) is 0 Å². The molecule has 0 bridgehead atoms. The molecule has 0 aliphatic rings. The number of hydrogen-bond donors (Lipinski definition) is 1. The van der Waals surface area contributed by atoms with E-state index in [0.717, 1.165) is 17.2 Å². The van der Waals surface area contributed by atoms with E-state index in [1.54, 1.807) is 0 Å². The molecule has 88 valence electrons. The Labute approximate surface area is 103 Å². The van der Waals surface area contributed by atoms with Crippen LogP contribution in [-0.2, 0) is 0 Å². The van der Waals surface area contributed by atoms with Gasteiger partial charge in [-0.15, -0.1) is 0 Å². The number of aromatic nitrogens is 1. The van der Waals surface area contributed by atoms with Gasteiger partial charge >= 0.3 is 0 Å². The van der Waals surface area contributed by atoms with Gasteiger partial charge < -0.3 is 5.32 Å². The van der Waals surface area contributed by atoms with E-state index < -0.39 is 0 Å². The molecule has 17 heavy (non-hydrogen) atoms. The molecule has 2 rings (SSSR count). The van der Waals surface area contributed by atoms with Crippen molar-refractivity contribution in [1.29, 1.82) is 0 Å². The zero-order valence-electron chi connectivity index (χ0n) is 10.6. The van der Waals surface area contributed by atoms with E-state index in [0.29, 0.717) is 5.92 Å². The summed E-state index contributed by atoms with van der Waals surface area (Å²) in [7, 11) is 0. The highest BCUT2D eigenvalue weighted by atomic mass is 15.0. The fraction of sp³-hybridized carbons (Fsp3) is 0.267. The van der Waals surface area contributed by atoms with E-state index in [1.165, 1.54) is 5.56 Å². The Kier molecular flexibility index (Phi) is 3.43. The zero-order valence-corrected chi connectivity index (χ0v) is 10.6. The number of nitrogens with one attached hydrogen (secondary N) is 1. The molecule has 1 aromatic heterocycles. The van der Waals surface area contributed by atoms with Gasteiger partial charge in [0.05, 0.1) is 0 Å². The van der Waals surface area contributed by atoms with Crippen molar-refractivity contribution in [1.82, 2.24) is 4.98 Å². The smallest absolute Gasteiger partial charge is 0.130 e. The third-order valence-corrected chi connectivity index (χ3v) is 2.73. The lowest BCUT2D eigenvalue weighted by Gasteiger charge is -2.14. The minimum absolute atomic E-state index is 0.503. The van der Waals surface area contributed by atoms with Crippen LogP contribution in [0.1, 0.15) is 31.0 Å². The van der Waals surface area contributed by atoms with Crippen molar-refractivity contribution >= 4 is 11.5 Å². The Morgan fingerprint density at radius 2 is 1.76 bits per heavy atom.